The van der Waals surface area contributed by atoms with Crippen LogP contribution < -0.4 is 4.72 Å². The summed E-state index contributed by atoms with van der Waals surface area (Å²) in [4.78, 5) is 13.1. The van der Waals surface area contributed by atoms with E-state index in [0.717, 1.165) is 9.35 Å². The van der Waals surface area contributed by atoms with Crippen LogP contribution in [0.2, 0.25) is 0 Å². The molecule has 1 fully saturated rings. The summed E-state index contributed by atoms with van der Waals surface area (Å²) in [5.74, 6) is -0.361. The molecular formula is C19H22BrNO3S2. The molecule has 1 N–H and O–H groups in total. The third-order valence-corrected chi connectivity index (χ3v) is 7.75. The van der Waals surface area contributed by atoms with Crippen molar-refractivity contribution in [3.05, 3.63) is 51.8 Å². The number of benzene rings is 1. The number of carbonyl (C=O) groups is 1. The first-order valence-electron chi connectivity index (χ1n) is 8.31. The minimum atomic E-state index is -1.50. The van der Waals surface area contributed by atoms with E-state index in [9.17, 15) is 9.00 Å². The zero-order valence-corrected chi connectivity index (χ0v) is 18.4. The highest BCUT2D eigenvalue weighted by molar-refractivity contribution is 9.11. The Labute approximate surface area is 169 Å². The summed E-state index contributed by atoms with van der Waals surface area (Å²) in [6.45, 7) is 7.54. The van der Waals surface area contributed by atoms with Crippen LogP contribution in [0.15, 0.2) is 50.5 Å². The number of nitrogens with one attached hydrogen (secondary N) is 1. The lowest BCUT2D eigenvalue weighted by Gasteiger charge is -2.27. The van der Waals surface area contributed by atoms with E-state index in [1.165, 1.54) is 11.3 Å². The van der Waals surface area contributed by atoms with Crippen LogP contribution in [-0.4, -0.2) is 21.3 Å². The zero-order chi connectivity index (χ0) is 19.2. The van der Waals surface area contributed by atoms with Crippen LogP contribution in [0.25, 0.3) is 0 Å². The van der Waals surface area contributed by atoms with Gasteiger partial charge in [-0.2, -0.15) is 0 Å². The molecule has 3 rings (SSSR count). The smallest absolute Gasteiger partial charge is 0.328 e. The van der Waals surface area contributed by atoms with Crippen molar-refractivity contribution in [1.82, 2.24) is 4.72 Å². The summed E-state index contributed by atoms with van der Waals surface area (Å²) in [5, 5.41) is 0. The predicted octanol–water partition coefficient (Wildman–Crippen LogP) is 4.56. The van der Waals surface area contributed by atoms with Gasteiger partial charge in [0.1, 0.15) is 26.3 Å². The second kappa shape index (κ2) is 6.86. The summed E-state index contributed by atoms with van der Waals surface area (Å²) >= 11 is 4.78. The molecule has 0 saturated heterocycles. The topological polar surface area (TPSA) is 55.4 Å². The SMILES string of the molecule is CC(C)(C)OC(=O)C1(NS(=O)c2ccc(Br)s2)CC1(C)c1ccccc1. The van der Waals surface area contributed by atoms with Crippen molar-refractivity contribution in [3.63, 3.8) is 0 Å². The number of halogens is 1. The number of esters is 1. The van der Waals surface area contributed by atoms with Crippen molar-refractivity contribution in [2.24, 2.45) is 0 Å². The van der Waals surface area contributed by atoms with E-state index < -0.39 is 27.5 Å². The van der Waals surface area contributed by atoms with Crippen molar-refractivity contribution in [1.29, 1.82) is 0 Å². The molecule has 2 aromatic rings. The summed E-state index contributed by atoms with van der Waals surface area (Å²) in [6.07, 6.45) is 0.539. The van der Waals surface area contributed by atoms with Crippen LogP contribution in [0.5, 0.6) is 0 Å². The molecule has 1 heterocycles. The van der Waals surface area contributed by atoms with Gasteiger partial charge in [-0.1, -0.05) is 37.3 Å². The lowest BCUT2D eigenvalue weighted by Crippen LogP contribution is -2.48. The van der Waals surface area contributed by atoms with Gasteiger partial charge in [0.15, 0.2) is 0 Å². The van der Waals surface area contributed by atoms with Gasteiger partial charge in [0.2, 0.25) is 0 Å². The van der Waals surface area contributed by atoms with Crippen LogP contribution >= 0.6 is 27.3 Å². The van der Waals surface area contributed by atoms with Gasteiger partial charge in [0, 0.05) is 5.41 Å². The van der Waals surface area contributed by atoms with Crippen LogP contribution in [0.3, 0.4) is 0 Å². The molecule has 0 radical (unpaired) electrons. The van der Waals surface area contributed by atoms with Crippen LogP contribution in [0, 0.1) is 0 Å². The maximum absolute atomic E-state index is 13.1. The first-order chi connectivity index (χ1) is 12.1. The fourth-order valence-electron chi connectivity index (χ4n) is 3.10. The Hall–Kier alpha value is -1.02. The summed E-state index contributed by atoms with van der Waals surface area (Å²) < 4.78 is 23.2. The third-order valence-electron chi connectivity index (χ3n) is 4.59. The van der Waals surface area contributed by atoms with Gasteiger partial charge in [-0.3, -0.25) is 0 Å². The van der Waals surface area contributed by atoms with Gasteiger partial charge < -0.3 is 4.74 Å². The average molecular weight is 456 g/mol. The highest BCUT2D eigenvalue weighted by Crippen LogP contribution is 2.58. The first-order valence-corrected chi connectivity index (χ1v) is 11.1. The summed E-state index contributed by atoms with van der Waals surface area (Å²) in [6, 6.07) is 13.5. The van der Waals surface area contributed by atoms with E-state index in [-0.39, 0.29) is 5.97 Å². The lowest BCUT2D eigenvalue weighted by molar-refractivity contribution is -0.158. The molecule has 1 aromatic heterocycles. The standard InChI is InChI=1S/C19H22BrNO3S2/c1-17(2,3)24-16(22)19(21-26(23)15-11-10-14(20)25-15)12-18(19,4)13-8-6-5-7-9-13/h5-11,21H,12H2,1-4H3. The molecule has 3 atom stereocenters. The van der Waals surface area contributed by atoms with Crippen molar-refractivity contribution >= 4 is 44.2 Å². The highest BCUT2D eigenvalue weighted by atomic mass is 79.9. The molecule has 1 aromatic carbocycles. The molecule has 0 amide bonds. The Bertz CT molecular complexity index is 846. The Morgan fingerprint density at radius 2 is 1.88 bits per heavy atom. The molecule has 0 bridgehead atoms. The Balaban J connectivity index is 1.94. The number of hydrogen-bond acceptors (Lipinski definition) is 4. The Morgan fingerprint density at radius 1 is 1.23 bits per heavy atom. The number of carbonyl (C=O) groups excluding carboxylic acids is 1. The van der Waals surface area contributed by atoms with Gasteiger partial charge in [-0.25, -0.2) is 13.7 Å². The third kappa shape index (κ3) is 3.67. The van der Waals surface area contributed by atoms with Crippen LogP contribution in [-0.2, 0) is 25.9 Å². The normalized spacial score (nSPS) is 26.3. The molecule has 4 nitrogen and oxygen atoms in total. The van der Waals surface area contributed by atoms with E-state index in [2.05, 4.69) is 20.7 Å². The van der Waals surface area contributed by atoms with Crippen molar-refractivity contribution < 1.29 is 13.7 Å². The van der Waals surface area contributed by atoms with Gasteiger partial charge in [0.25, 0.3) is 0 Å². The van der Waals surface area contributed by atoms with E-state index in [1.54, 1.807) is 6.07 Å². The van der Waals surface area contributed by atoms with Gasteiger partial charge >= 0.3 is 5.97 Å². The van der Waals surface area contributed by atoms with E-state index >= 15 is 0 Å². The zero-order valence-electron chi connectivity index (χ0n) is 15.2. The second-order valence-electron chi connectivity index (χ2n) is 7.71. The summed E-state index contributed by atoms with van der Waals surface area (Å²) in [7, 11) is -1.50. The molecule has 7 heteroatoms. The average Bonchev–Trinajstić information content (AvgIpc) is 2.94. The van der Waals surface area contributed by atoms with Crippen LogP contribution in [0.4, 0.5) is 0 Å². The molecule has 3 unspecified atom stereocenters. The molecular weight excluding hydrogens is 434 g/mol. The molecule has 1 aliphatic rings. The quantitative estimate of drug-likeness (QED) is 0.671. The van der Waals surface area contributed by atoms with Crippen molar-refractivity contribution in [2.45, 2.75) is 54.9 Å². The maximum Gasteiger partial charge on any atom is 0.328 e. The largest absolute Gasteiger partial charge is 0.459 e. The van der Waals surface area contributed by atoms with Gasteiger partial charge in [-0.05, 0) is 60.8 Å². The molecule has 1 saturated carbocycles. The van der Waals surface area contributed by atoms with Crippen LogP contribution in [0.1, 0.15) is 39.7 Å². The van der Waals surface area contributed by atoms with E-state index in [4.69, 9.17) is 4.74 Å². The highest BCUT2D eigenvalue weighted by Gasteiger charge is 2.72. The molecule has 1 aliphatic carbocycles. The van der Waals surface area contributed by atoms with E-state index in [1.807, 2.05) is 64.1 Å². The number of rotatable bonds is 5. The van der Waals surface area contributed by atoms with Gasteiger partial charge in [-0.15, -0.1) is 11.3 Å². The number of ether oxygens (including phenoxy) is 1. The molecule has 0 spiro atoms. The van der Waals surface area contributed by atoms with Gasteiger partial charge in [0.05, 0.1) is 3.79 Å². The van der Waals surface area contributed by atoms with E-state index in [0.29, 0.717) is 10.6 Å². The lowest BCUT2D eigenvalue weighted by atomic mass is 9.93. The first kappa shape index (κ1) is 19.7. The molecule has 140 valence electrons. The van der Waals surface area contributed by atoms with Crippen molar-refractivity contribution in [3.8, 4) is 0 Å². The Kier molecular flexibility index (Phi) is 5.20. The maximum atomic E-state index is 13.1. The molecule has 0 aliphatic heterocycles. The summed E-state index contributed by atoms with van der Waals surface area (Å²) in [5.41, 5.74) is -1.06. The fraction of sp³-hybridized carbons (Fsp3) is 0.421. The monoisotopic (exact) mass is 455 g/mol. The second-order valence-corrected chi connectivity index (χ2v) is 11.6. The molecule has 26 heavy (non-hydrogen) atoms. The predicted molar refractivity (Wildman–Crippen MR) is 109 cm³/mol. The minimum absolute atomic E-state index is 0.361. The van der Waals surface area contributed by atoms with Crippen molar-refractivity contribution in [2.75, 3.05) is 0 Å². The Morgan fingerprint density at radius 3 is 2.42 bits per heavy atom. The minimum Gasteiger partial charge on any atom is -0.459 e. The number of hydrogen-bond donors (Lipinski definition) is 1. The number of thiophene rings is 1. The fourth-order valence-corrected chi connectivity index (χ4v) is 6.23.